The van der Waals surface area contributed by atoms with E-state index in [1.165, 1.54) is 18.9 Å². The van der Waals surface area contributed by atoms with Gasteiger partial charge in [-0.15, -0.1) is 11.8 Å². The number of anilines is 2. The molecule has 0 saturated heterocycles. The average molecular weight is 393 g/mol. The predicted molar refractivity (Wildman–Crippen MR) is 107 cm³/mol. The minimum atomic E-state index is -0.135. The first-order valence-electron chi connectivity index (χ1n) is 8.06. The van der Waals surface area contributed by atoms with Crippen LogP contribution in [-0.4, -0.2) is 24.7 Å². The van der Waals surface area contributed by atoms with Gasteiger partial charge in [-0.25, -0.2) is 0 Å². The topological polar surface area (TPSA) is 67.4 Å². The third-order valence-electron chi connectivity index (χ3n) is 3.45. The number of carbonyl (C=O) groups is 2. The molecule has 0 aliphatic heterocycles. The van der Waals surface area contributed by atoms with Gasteiger partial charge in [-0.1, -0.05) is 25.4 Å². The standard InChI is InChI=1S/C19H21ClN2O3S/c1-12(2)19(24)22-16-9-6-14(10-17(16)25-3)21-18(23)11-26-15-7-4-13(20)5-8-15/h4-10,12H,11H2,1-3H3,(H,21,23)(H,22,24). The van der Waals surface area contributed by atoms with Crippen molar-refractivity contribution in [3.05, 3.63) is 47.5 Å². The van der Waals surface area contributed by atoms with Crippen molar-refractivity contribution in [3.8, 4) is 5.75 Å². The highest BCUT2D eigenvalue weighted by molar-refractivity contribution is 8.00. The summed E-state index contributed by atoms with van der Waals surface area (Å²) >= 11 is 7.27. The number of halogens is 1. The quantitative estimate of drug-likeness (QED) is 0.671. The summed E-state index contributed by atoms with van der Waals surface area (Å²) in [4.78, 5) is 24.9. The second kappa shape index (κ2) is 9.50. The van der Waals surface area contributed by atoms with E-state index in [0.29, 0.717) is 22.1 Å². The second-order valence-corrected chi connectivity index (χ2v) is 7.33. The van der Waals surface area contributed by atoms with Gasteiger partial charge >= 0.3 is 0 Å². The summed E-state index contributed by atoms with van der Waals surface area (Å²) in [5.41, 5.74) is 1.17. The van der Waals surface area contributed by atoms with E-state index in [1.54, 1.807) is 30.3 Å². The number of thioether (sulfide) groups is 1. The molecule has 0 spiro atoms. The van der Waals surface area contributed by atoms with Crippen molar-refractivity contribution >= 4 is 46.6 Å². The SMILES string of the molecule is COc1cc(NC(=O)CSc2ccc(Cl)cc2)ccc1NC(=O)C(C)C. The van der Waals surface area contributed by atoms with Gasteiger partial charge in [0, 0.05) is 27.6 Å². The monoisotopic (exact) mass is 392 g/mol. The predicted octanol–water partition coefficient (Wildman–Crippen LogP) is 4.67. The van der Waals surface area contributed by atoms with Crippen LogP contribution in [0.25, 0.3) is 0 Å². The van der Waals surface area contributed by atoms with Crippen LogP contribution in [0.1, 0.15) is 13.8 Å². The van der Waals surface area contributed by atoms with E-state index in [-0.39, 0.29) is 23.5 Å². The highest BCUT2D eigenvalue weighted by Gasteiger charge is 2.12. The fourth-order valence-electron chi connectivity index (χ4n) is 2.03. The molecule has 2 N–H and O–H groups in total. The molecule has 2 aromatic rings. The van der Waals surface area contributed by atoms with Crippen LogP contribution in [0.2, 0.25) is 5.02 Å². The number of hydrogen-bond acceptors (Lipinski definition) is 4. The lowest BCUT2D eigenvalue weighted by Gasteiger charge is -2.13. The molecule has 0 aromatic heterocycles. The number of amides is 2. The van der Waals surface area contributed by atoms with Crippen LogP contribution in [0, 0.1) is 5.92 Å². The summed E-state index contributed by atoms with van der Waals surface area (Å²) in [6.07, 6.45) is 0. The Hall–Kier alpha value is -2.18. The lowest BCUT2D eigenvalue weighted by Crippen LogP contribution is -2.18. The molecule has 7 heteroatoms. The molecular formula is C19H21ClN2O3S. The Morgan fingerprint density at radius 2 is 1.81 bits per heavy atom. The first-order chi connectivity index (χ1) is 12.4. The van der Waals surface area contributed by atoms with Gasteiger partial charge in [0.15, 0.2) is 0 Å². The number of carbonyl (C=O) groups excluding carboxylic acids is 2. The second-order valence-electron chi connectivity index (χ2n) is 5.85. The molecule has 0 fully saturated rings. The maximum Gasteiger partial charge on any atom is 0.234 e. The number of methoxy groups -OCH3 is 1. The lowest BCUT2D eigenvalue weighted by atomic mass is 10.2. The molecule has 0 heterocycles. The van der Waals surface area contributed by atoms with E-state index in [2.05, 4.69) is 10.6 Å². The summed E-state index contributed by atoms with van der Waals surface area (Å²) in [6.45, 7) is 3.63. The average Bonchev–Trinajstić information content (AvgIpc) is 2.62. The summed E-state index contributed by atoms with van der Waals surface area (Å²) in [6, 6.07) is 12.4. The Bertz CT molecular complexity index is 779. The molecule has 2 rings (SSSR count). The fraction of sp³-hybridized carbons (Fsp3) is 0.263. The Kier molecular flexibility index (Phi) is 7.36. The van der Waals surface area contributed by atoms with Crippen molar-refractivity contribution < 1.29 is 14.3 Å². The van der Waals surface area contributed by atoms with Crippen molar-refractivity contribution in [1.29, 1.82) is 0 Å². The Morgan fingerprint density at radius 3 is 2.42 bits per heavy atom. The molecule has 2 amide bonds. The zero-order chi connectivity index (χ0) is 19.1. The van der Waals surface area contributed by atoms with Crippen molar-refractivity contribution in [1.82, 2.24) is 0 Å². The van der Waals surface area contributed by atoms with Crippen LogP contribution < -0.4 is 15.4 Å². The molecule has 0 unspecified atom stereocenters. The Labute approximate surface area is 162 Å². The van der Waals surface area contributed by atoms with Crippen LogP contribution in [0.3, 0.4) is 0 Å². The summed E-state index contributed by atoms with van der Waals surface area (Å²) in [7, 11) is 1.52. The highest BCUT2D eigenvalue weighted by atomic mass is 35.5. The maximum atomic E-state index is 12.1. The van der Waals surface area contributed by atoms with Gasteiger partial charge in [-0.3, -0.25) is 9.59 Å². The van der Waals surface area contributed by atoms with Gasteiger partial charge in [0.2, 0.25) is 11.8 Å². The van der Waals surface area contributed by atoms with E-state index in [1.807, 2.05) is 26.0 Å². The first kappa shape index (κ1) is 20.1. The normalized spacial score (nSPS) is 10.5. The minimum Gasteiger partial charge on any atom is -0.494 e. The smallest absolute Gasteiger partial charge is 0.234 e. The van der Waals surface area contributed by atoms with Gasteiger partial charge in [0.1, 0.15) is 5.75 Å². The van der Waals surface area contributed by atoms with Gasteiger partial charge in [0.05, 0.1) is 18.6 Å². The van der Waals surface area contributed by atoms with Crippen LogP contribution in [0.5, 0.6) is 5.75 Å². The molecule has 0 aliphatic rings. The van der Waals surface area contributed by atoms with E-state index in [0.717, 1.165) is 4.90 Å². The molecule has 2 aromatic carbocycles. The van der Waals surface area contributed by atoms with Crippen LogP contribution in [0.15, 0.2) is 47.4 Å². The summed E-state index contributed by atoms with van der Waals surface area (Å²) < 4.78 is 5.30. The van der Waals surface area contributed by atoms with Crippen molar-refractivity contribution in [3.63, 3.8) is 0 Å². The van der Waals surface area contributed by atoms with E-state index in [4.69, 9.17) is 16.3 Å². The minimum absolute atomic E-state index is 0.0977. The molecule has 0 saturated carbocycles. The van der Waals surface area contributed by atoms with Gasteiger partial charge in [-0.05, 0) is 36.4 Å². The maximum absolute atomic E-state index is 12.1. The first-order valence-corrected chi connectivity index (χ1v) is 9.42. The molecule has 0 bridgehead atoms. The van der Waals surface area contributed by atoms with Crippen LogP contribution >= 0.6 is 23.4 Å². The van der Waals surface area contributed by atoms with Crippen molar-refractivity contribution in [2.24, 2.45) is 5.92 Å². The molecule has 5 nitrogen and oxygen atoms in total. The number of rotatable bonds is 7. The third-order valence-corrected chi connectivity index (χ3v) is 4.72. The Balaban J connectivity index is 1.96. The van der Waals surface area contributed by atoms with Crippen LogP contribution in [0.4, 0.5) is 11.4 Å². The van der Waals surface area contributed by atoms with Crippen molar-refractivity contribution in [2.45, 2.75) is 18.7 Å². The number of nitrogens with one attached hydrogen (secondary N) is 2. The van der Waals surface area contributed by atoms with Crippen molar-refractivity contribution in [2.75, 3.05) is 23.5 Å². The van der Waals surface area contributed by atoms with Gasteiger partial charge in [0.25, 0.3) is 0 Å². The fourth-order valence-corrected chi connectivity index (χ4v) is 2.85. The molecule has 26 heavy (non-hydrogen) atoms. The lowest BCUT2D eigenvalue weighted by molar-refractivity contribution is -0.119. The summed E-state index contributed by atoms with van der Waals surface area (Å²) in [5, 5.41) is 6.29. The largest absolute Gasteiger partial charge is 0.494 e. The van der Waals surface area contributed by atoms with Crippen LogP contribution in [-0.2, 0) is 9.59 Å². The highest BCUT2D eigenvalue weighted by Crippen LogP contribution is 2.28. The van der Waals surface area contributed by atoms with Gasteiger partial charge in [-0.2, -0.15) is 0 Å². The molecular weight excluding hydrogens is 372 g/mol. The van der Waals surface area contributed by atoms with E-state index >= 15 is 0 Å². The number of ether oxygens (including phenoxy) is 1. The van der Waals surface area contributed by atoms with E-state index < -0.39 is 0 Å². The van der Waals surface area contributed by atoms with Gasteiger partial charge < -0.3 is 15.4 Å². The molecule has 0 aliphatic carbocycles. The summed E-state index contributed by atoms with van der Waals surface area (Å²) in [5.74, 6) is 0.395. The molecule has 138 valence electrons. The number of benzene rings is 2. The number of hydrogen-bond donors (Lipinski definition) is 2. The molecule has 0 radical (unpaired) electrons. The zero-order valence-electron chi connectivity index (χ0n) is 14.8. The third kappa shape index (κ3) is 5.97. The zero-order valence-corrected chi connectivity index (χ0v) is 16.4. The molecule has 0 atom stereocenters. The van der Waals surface area contributed by atoms with E-state index in [9.17, 15) is 9.59 Å². The Morgan fingerprint density at radius 1 is 1.12 bits per heavy atom.